The minimum atomic E-state index is -0.840. The average Bonchev–Trinajstić information content (AvgIpc) is 2.99. The number of carbonyl (C=O) groups excluding carboxylic acids is 1. The van der Waals surface area contributed by atoms with Crippen molar-refractivity contribution in [2.75, 3.05) is 6.54 Å². The molecule has 0 aromatic carbocycles. The molecule has 5 nitrogen and oxygen atoms in total. The Morgan fingerprint density at radius 2 is 2.19 bits per heavy atom. The largest absolute Gasteiger partial charge is 0.388 e. The van der Waals surface area contributed by atoms with E-state index in [0.29, 0.717) is 6.42 Å². The van der Waals surface area contributed by atoms with Crippen LogP contribution in [0, 0.1) is 19.8 Å². The summed E-state index contributed by atoms with van der Waals surface area (Å²) in [6.45, 7) is 10.2. The van der Waals surface area contributed by atoms with Gasteiger partial charge in [0.2, 0.25) is 5.91 Å². The molecule has 0 unspecified atom stereocenters. The number of aromatic nitrogens is 2. The molecule has 5 heteroatoms. The van der Waals surface area contributed by atoms with Gasteiger partial charge in [0.25, 0.3) is 0 Å². The smallest absolute Gasteiger partial charge is 0.226 e. The Balaban J connectivity index is 2.09. The first-order chi connectivity index (χ1) is 9.71. The fourth-order valence-electron chi connectivity index (χ4n) is 3.32. The summed E-state index contributed by atoms with van der Waals surface area (Å²) in [6, 6.07) is -0.0704. The maximum atomic E-state index is 12.7. The number of aromatic amines is 1. The van der Waals surface area contributed by atoms with Crippen LogP contribution in [0.15, 0.2) is 0 Å². The van der Waals surface area contributed by atoms with Gasteiger partial charge in [0.15, 0.2) is 0 Å². The minimum Gasteiger partial charge on any atom is -0.388 e. The van der Waals surface area contributed by atoms with E-state index in [1.54, 1.807) is 13.8 Å². The van der Waals surface area contributed by atoms with Gasteiger partial charge in [-0.15, -0.1) is 0 Å². The maximum Gasteiger partial charge on any atom is 0.226 e. The first kappa shape index (κ1) is 16.0. The third kappa shape index (κ3) is 3.28. The number of aryl methyl sites for hydroxylation is 2. The first-order valence-corrected chi connectivity index (χ1v) is 7.75. The molecule has 2 N–H and O–H groups in total. The van der Waals surface area contributed by atoms with Gasteiger partial charge in [-0.2, -0.15) is 5.10 Å². The Hall–Kier alpha value is -1.36. The lowest BCUT2D eigenvalue weighted by molar-refractivity contribution is -0.140. The van der Waals surface area contributed by atoms with Gasteiger partial charge >= 0.3 is 0 Å². The number of carbonyl (C=O) groups is 1. The lowest BCUT2D eigenvalue weighted by Crippen LogP contribution is -2.49. The molecule has 1 aliphatic rings. The van der Waals surface area contributed by atoms with Crippen LogP contribution in [-0.4, -0.2) is 44.3 Å². The van der Waals surface area contributed by atoms with E-state index in [-0.39, 0.29) is 17.9 Å². The lowest BCUT2D eigenvalue weighted by atomic mass is 9.94. The normalized spacial score (nSPS) is 20.9. The number of nitrogens with zero attached hydrogens (tertiary/aromatic N) is 2. The van der Waals surface area contributed by atoms with Crippen molar-refractivity contribution >= 4 is 5.91 Å². The van der Waals surface area contributed by atoms with Gasteiger partial charge in [-0.25, -0.2) is 0 Å². The summed E-state index contributed by atoms with van der Waals surface area (Å²) >= 11 is 0. The van der Waals surface area contributed by atoms with Gasteiger partial charge in [0, 0.05) is 18.2 Å². The molecule has 1 fully saturated rings. The van der Waals surface area contributed by atoms with Crippen molar-refractivity contribution in [3.05, 3.63) is 17.0 Å². The standard InChI is InChI=1S/C16H27N3O2/c1-10(9-13-11(2)17-18-12(13)3)15(20)19-8-6-7-14(19)16(4,5)21/h10,14,21H,6-9H2,1-5H3,(H,17,18)/t10-,14+/m1/s1. The summed E-state index contributed by atoms with van der Waals surface area (Å²) in [6.07, 6.45) is 2.55. The molecule has 0 saturated carbocycles. The Morgan fingerprint density at radius 3 is 2.71 bits per heavy atom. The number of likely N-dealkylation sites (tertiary alicyclic amines) is 1. The highest BCUT2D eigenvalue weighted by atomic mass is 16.3. The highest BCUT2D eigenvalue weighted by molar-refractivity contribution is 5.79. The van der Waals surface area contributed by atoms with Crippen LogP contribution in [0.4, 0.5) is 0 Å². The SMILES string of the molecule is Cc1n[nH]c(C)c1C[C@@H](C)C(=O)N1CCC[C@H]1C(C)(C)O. The van der Waals surface area contributed by atoms with E-state index in [0.717, 1.165) is 36.3 Å². The van der Waals surface area contributed by atoms with Crippen molar-refractivity contribution < 1.29 is 9.90 Å². The molecule has 1 aromatic rings. The fourth-order valence-corrected chi connectivity index (χ4v) is 3.32. The average molecular weight is 293 g/mol. The highest BCUT2D eigenvalue weighted by Gasteiger charge is 2.39. The molecule has 1 amide bonds. The van der Waals surface area contributed by atoms with Crippen molar-refractivity contribution in [2.45, 2.75) is 65.5 Å². The quantitative estimate of drug-likeness (QED) is 0.891. The van der Waals surface area contributed by atoms with E-state index in [2.05, 4.69) is 10.2 Å². The van der Waals surface area contributed by atoms with E-state index < -0.39 is 5.60 Å². The zero-order valence-corrected chi connectivity index (χ0v) is 13.7. The Kier molecular flexibility index (Phi) is 4.42. The molecule has 2 heterocycles. The van der Waals surface area contributed by atoms with Crippen LogP contribution in [0.2, 0.25) is 0 Å². The summed E-state index contributed by atoms with van der Waals surface area (Å²) in [5.41, 5.74) is 2.29. The van der Waals surface area contributed by atoms with Crippen LogP contribution in [0.1, 0.15) is 50.6 Å². The van der Waals surface area contributed by atoms with Crippen molar-refractivity contribution in [3.8, 4) is 0 Å². The van der Waals surface area contributed by atoms with Gasteiger partial charge in [0.1, 0.15) is 0 Å². The van der Waals surface area contributed by atoms with Crippen LogP contribution < -0.4 is 0 Å². The van der Waals surface area contributed by atoms with Crippen LogP contribution >= 0.6 is 0 Å². The minimum absolute atomic E-state index is 0.0704. The second-order valence-electron chi connectivity index (χ2n) is 6.86. The number of aliphatic hydroxyl groups is 1. The zero-order valence-electron chi connectivity index (χ0n) is 13.7. The molecule has 21 heavy (non-hydrogen) atoms. The molecule has 0 radical (unpaired) electrons. The lowest BCUT2D eigenvalue weighted by Gasteiger charge is -2.35. The number of hydrogen-bond donors (Lipinski definition) is 2. The summed E-state index contributed by atoms with van der Waals surface area (Å²) in [4.78, 5) is 14.6. The number of H-pyrrole nitrogens is 1. The Labute approximate surface area is 126 Å². The summed E-state index contributed by atoms with van der Waals surface area (Å²) in [7, 11) is 0. The Morgan fingerprint density at radius 1 is 1.52 bits per heavy atom. The molecule has 2 rings (SSSR count). The third-order valence-corrected chi connectivity index (χ3v) is 4.56. The molecule has 0 spiro atoms. The number of amides is 1. The Bertz CT molecular complexity index is 497. The van der Waals surface area contributed by atoms with E-state index in [1.165, 1.54) is 0 Å². The maximum absolute atomic E-state index is 12.7. The molecule has 118 valence electrons. The summed E-state index contributed by atoms with van der Waals surface area (Å²) in [5.74, 6) is 0.0441. The van der Waals surface area contributed by atoms with E-state index in [4.69, 9.17) is 0 Å². The fraction of sp³-hybridized carbons (Fsp3) is 0.750. The molecular weight excluding hydrogens is 266 g/mol. The highest BCUT2D eigenvalue weighted by Crippen LogP contribution is 2.29. The van der Waals surface area contributed by atoms with E-state index in [1.807, 2.05) is 25.7 Å². The second kappa shape index (κ2) is 5.79. The monoisotopic (exact) mass is 293 g/mol. The topological polar surface area (TPSA) is 69.2 Å². The van der Waals surface area contributed by atoms with Crippen LogP contribution in [0.5, 0.6) is 0 Å². The van der Waals surface area contributed by atoms with E-state index >= 15 is 0 Å². The van der Waals surface area contributed by atoms with Crippen molar-refractivity contribution in [1.29, 1.82) is 0 Å². The predicted molar refractivity (Wildman–Crippen MR) is 82.0 cm³/mol. The molecular formula is C16H27N3O2. The number of rotatable bonds is 4. The van der Waals surface area contributed by atoms with Crippen LogP contribution in [0.3, 0.4) is 0 Å². The third-order valence-electron chi connectivity index (χ3n) is 4.56. The van der Waals surface area contributed by atoms with Crippen molar-refractivity contribution in [1.82, 2.24) is 15.1 Å². The molecule has 0 bridgehead atoms. The van der Waals surface area contributed by atoms with Gasteiger partial charge in [-0.3, -0.25) is 9.89 Å². The summed E-state index contributed by atoms with van der Waals surface area (Å²) < 4.78 is 0. The van der Waals surface area contributed by atoms with Gasteiger partial charge in [-0.1, -0.05) is 6.92 Å². The summed E-state index contributed by atoms with van der Waals surface area (Å²) in [5, 5.41) is 17.4. The van der Waals surface area contributed by atoms with E-state index in [9.17, 15) is 9.90 Å². The molecule has 1 saturated heterocycles. The molecule has 1 aromatic heterocycles. The first-order valence-electron chi connectivity index (χ1n) is 7.75. The van der Waals surface area contributed by atoms with Crippen molar-refractivity contribution in [3.63, 3.8) is 0 Å². The van der Waals surface area contributed by atoms with Crippen LogP contribution in [0.25, 0.3) is 0 Å². The second-order valence-corrected chi connectivity index (χ2v) is 6.86. The van der Waals surface area contributed by atoms with Crippen LogP contribution in [-0.2, 0) is 11.2 Å². The van der Waals surface area contributed by atoms with Crippen molar-refractivity contribution in [2.24, 2.45) is 5.92 Å². The van der Waals surface area contributed by atoms with Gasteiger partial charge in [0.05, 0.1) is 17.3 Å². The molecule has 2 atom stereocenters. The van der Waals surface area contributed by atoms with Gasteiger partial charge in [-0.05, 0) is 52.5 Å². The zero-order chi connectivity index (χ0) is 15.8. The van der Waals surface area contributed by atoms with Gasteiger partial charge < -0.3 is 10.0 Å². The molecule has 0 aliphatic carbocycles. The predicted octanol–water partition coefficient (Wildman–Crippen LogP) is 1.97. The molecule has 1 aliphatic heterocycles. The number of hydrogen-bond acceptors (Lipinski definition) is 3. The number of nitrogens with one attached hydrogen (secondary N) is 1.